The van der Waals surface area contributed by atoms with Gasteiger partial charge < -0.3 is 9.09 Å². The van der Waals surface area contributed by atoms with Crippen LogP contribution >= 0.6 is 0 Å². The molecular weight excluding hydrogens is 454 g/mol. The summed E-state index contributed by atoms with van der Waals surface area (Å²) in [5.74, 6) is 0.828. The lowest BCUT2D eigenvalue weighted by molar-refractivity contribution is 0.393. The lowest BCUT2D eigenvalue weighted by Gasteiger charge is -2.21. The van der Waals surface area contributed by atoms with Crippen molar-refractivity contribution >= 4 is 10.9 Å². The average Bonchev–Trinajstić information content (AvgIpc) is 3.49. The molecule has 0 saturated carbocycles. The Kier molecular flexibility index (Phi) is 5.93. The number of benzene rings is 3. The summed E-state index contributed by atoms with van der Waals surface area (Å²) in [6.45, 7) is 6.16. The predicted octanol–water partition coefficient (Wildman–Crippen LogP) is 8.18. The van der Waals surface area contributed by atoms with Gasteiger partial charge in [0, 0.05) is 28.9 Å². The SMILES string of the molecule is CCc1ccc(-c2cn(C(c3ccccc3)c3ccccn3)c3cc(-c4c(C)noc4C)ccc23)cc1. The first-order chi connectivity index (χ1) is 18.1. The first-order valence-corrected chi connectivity index (χ1v) is 12.8. The highest BCUT2D eigenvalue weighted by Crippen LogP contribution is 2.39. The van der Waals surface area contributed by atoms with Gasteiger partial charge in [-0.05, 0) is 60.7 Å². The van der Waals surface area contributed by atoms with Gasteiger partial charge in [-0.1, -0.05) is 84.9 Å². The highest BCUT2D eigenvalue weighted by molar-refractivity contribution is 5.98. The zero-order valence-corrected chi connectivity index (χ0v) is 21.3. The molecule has 0 saturated heterocycles. The molecule has 0 bridgehead atoms. The number of pyridine rings is 1. The molecule has 1 atom stereocenters. The van der Waals surface area contributed by atoms with E-state index in [1.54, 1.807) is 0 Å². The van der Waals surface area contributed by atoms with Gasteiger partial charge in [0.25, 0.3) is 0 Å². The van der Waals surface area contributed by atoms with Gasteiger partial charge in [-0.15, -0.1) is 0 Å². The Hall–Kier alpha value is -4.44. The van der Waals surface area contributed by atoms with Gasteiger partial charge in [-0.25, -0.2) is 0 Å². The summed E-state index contributed by atoms with van der Waals surface area (Å²) in [6.07, 6.45) is 5.18. The van der Waals surface area contributed by atoms with Gasteiger partial charge in [0.2, 0.25) is 0 Å². The van der Waals surface area contributed by atoms with Crippen LogP contribution in [0.3, 0.4) is 0 Å². The number of fused-ring (bicyclic) bond motifs is 1. The maximum absolute atomic E-state index is 5.51. The highest BCUT2D eigenvalue weighted by Gasteiger charge is 2.23. The molecule has 0 spiro atoms. The summed E-state index contributed by atoms with van der Waals surface area (Å²) in [7, 11) is 0. The standard InChI is InChI=1S/C33H29N3O/c1-4-24-13-15-25(16-14-24)29-21-36(33(26-10-6-5-7-11-26)30-12-8-9-19-34-30)31-20-27(17-18-28(29)31)32-22(2)35-37-23(32)3/h5-21,33H,4H2,1-3H3. The molecule has 37 heavy (non-hydrogen) atoms. The molecule has 0 fully saturated rings. The maximum Gasteiger partial charge on any atom is 0.141 e. The number of aromatic nitrogens is 3. The molecule has 3 aromatic carbocycles. The molecule has 0 radical (unpaired) electrons. The quantitative estimate of drug-likeness (QED) is 0.240. The van der Waals surface area contributed by atoms with Crippen molar-refractivity contribution in [3.8, 4) is 22.3 Å². The Bertz CT molecular complexity index is 1600. The second-order valence-corrected chi connectivity index (χ2v) is 9.50. The molecule has 0 aliphatic rings. The highest BCUT2D eigenvalue weighted by atomic mass is 16.5. The van der Waals surface area contributed by atoms with Crippen molar-refractivity contribution < 1.29 is 4.52 Å². The van der Waals surface area contributed by atoms with Crippen LogP contribution < -0.4 is 0 Å². The Morgan fingerprint density at radius 1 is 0.838 bits per heavy atom. The maximum atomic E-state index is 5.51. The first-order valence-electron chi connectivity index (χ1n) is 12.8. The van der Waals surface area contributed by atoms with Crippen molar-refractivity contribution in [1.82, 2.24) is 14.7 Å². The molecule has 1 unspecified atom stereocenters. The zero-order chi connectivity index (χ0) is 25.4. The van der Waals surface area contributed by atoms with Crippen molar-refractivity contribution in [2.24, 2.45) is 0 Å². The van der Waals surface area contributed by atoms with Crippen LogP contribution in [0.25, 0.3) is 33.2 Å². The van der Waals surface area contributed by atoms with Crippen molar-refractivity contribution in [3.63, 3.8) is 0 Å². The summed E-state index contributed by atoms with van der Waals surface area (Å²) < 4.78 is 7.88. The van der Waals surface area contributed by atoms with Crippen LogP contribution in [0.5, 0.6) is 0 Å². The van der Waals surface area contributed by atoms with Gasteiger partial charge in [0.1, 0.15) is 11.8 Å². The van der Waals surface area contributed by atoms with Crippen LogP contribution in [0.1, 0.15) is 41.2 Å². The Labute approximate surface area is 217 Å². The summed E-state index contributed by atoms with van der Waals surface area (Å²) in [4.78, 5) is 4.80. The lowest BCUT2D eigenvalue weighted by atomic mass is 9.99. The van der Waals surface area contributed by atoms with Crippen molar-refractivity contribution in [3.05, 3.63) is 132 Å². The van der Waals surface area contributed by atoms with Gasteiger partial charge in [-0.2, -0.15) is 0 Å². The third kappa shape index (κ3) is 4.15. The summed E-state index contributed by atoms with van der Waals surface area (Å²) in [6, 6.07) is 32.3. The molecule has 6 aromatic rings. The molecular formula is C33H29N3O. The summed E-state index contributed by atoms with van der Waals surface area (Å²) in [5.41, 5.74) is 10.1. The fourth-order valence-corrected chi connectivity index (χ4v) is 5.31. The minimum atomic E-state index is -0.0755. The van der Waals surface area contributed by atoms with Crippen LogP contribution in [-0.4, -0.2) is 14.7 Å². The Morgan fingerprint density at radius 3 is 2.27 bits per heavy atom. The molecule has 6 rings (SSSR count). The Balaban J connectivity index is 1.64. The van der Waals surface area contributed by atoms with E-state index in [4.69, 9.17) is 9.51 Å². The van der Waals surface area contributed by atoms with Crippen LogP contribution in [0, 0.1) is 13.8 Å². The van der Waals surface area contributed by atoms with E-state index in [0.29, 0.717) is 0 Å². The Morgan fingerprint density at radius 2 is 1.59 bits per heavy atom. The number of rotatable bonds is 6. The van der Waals surface area contributed by atoms with Crippen molar-refractivity contribution in [2.45, 2.75) is 33.2 Å². The molecule has 0 aliphatic heterocycles. The third-order valence-electron chi connectivity index (χ3n) is 7.19. The largest absolute Gasteiger partial charge is 0.361 e. The van der Waals surface area contributed by atoms with Crippen molar-refractivity contribution in [1.29, 1.82) is 0 Å². The summed E-state index contributed by atoms with van der Waals surface area (Å²) in [5, 5.41) is 5.41. The summed E-state index contributed by atoms with van der Waals surface area (Å²) >= 11 is 0. The second kappa shape index (κ2) is 9.55. The molecule has 3 aromatic heterocycles. The molecule has 3 heterocycles. The normalized spacial score (nSPS) is 12.2. The van der Waals surface area contributed by atoms with Gasteiger partial charge in [0.15, 0.2) is 0 Å². The van der Waals surface area contributed by atoms with Crippen LogP contribution in [0.4, 0.5) is 0 Å². The van der Waals surface area contributed by atoms with E-state index in [0.717, 1.165) is 40.2 Å². The van der Waals surface area contributed by atoms with Crippen LogP contribution in [-0.2, 0) is 6.42 Å². The number of hydrogen-bond acceptors (Lipinski definition) is 3. The number of hydrogen-bond donors (Lipinski definition) is 0. The lowest BCUT2D eigenvalue weighted by Crippen LogP contribution is -2.12. The van der Waals surface area contributed by atoms with Gasteiger partial charge in [-0.3, -0.25) is 4.98 Å². The fourth-order valence-electron chi connectivity index (χ4n) is 5.31. The predicted molar refractivity (Wildman–Crippen MR) is 150 cm³/mol. The van der Waals surface area contributed by atoms with E-state index in [1.807, 2.05) is 26.1 Å². The van der Waals surface area contributed by atoms with E-state index in [9.17, 15) is 0 Å². The first kappa shape index (κ1) is 23.0. The van der Waals surface area contributed by atoms with E-state index in [-0.39, 0.29) is 6.04 Å². The average molecular weight is 484 g/mol. The van der Waals surface area contributed by atoms with Gasteiger partial charge >= 0.3 is 0 Å². The van der Waals surface area contributed by atoms with E-state index < -0.39 is 0 Å². The van der Waals surface area contributed by atoms with Crippen LogP contribution in [0.2, 0.25) is 0 Å². The van der Waals surface area contributed by atoms with E-state index in [1.165, 1.54) is 27.6 Å². The van der Waals surface area contributed by atoms with Crippen LogP contribution in [0.15, 0.2) is 108 Å². The second-order valence-electron chi connectivity index (χ2n) is 9.50. The minimum absolute atomic E-state index is 0.0755. The third-order valence-corrected chi connectivity index (χ3v) is 7.19. The fraction of sp³-hybridized carbons (Fsp3) is 0.152. The smallest absolute Gasteiger partial charge is 0.141 e. The van der Waals surface area contributed by atoms with Gasteiger partial charge in [0.05, 0.1) is 16.9 Å². The molecule has 4 heteroatoms. The van der Waals surface area contributed by atoms with E-state index in [2.05, 4.69) is 108 Å². The molecule has 0 amide bonds. The van der Waals surface area contributed by atoms with Crippen molar-refractivity contribution in [2.75, 3.05) is 0 Å². The monoisotopic (exact) mass is 483 g/mol. The molecule has 0 N–H and O–H groups in total. The zero-order valence-electron chi connectivity index (χ0n) is 21.3. The molecule has 0 aliphatic carbocycles. The topological polar surface area (TPSA) is 43.9 Å². The number of aryl methyl sites for hydroxylation is 3. The molecule has 4 nitrogen and oxygen atoms in total. The minimum Gasteiger partial charge on any atom is -0.361 e. The molecule has 182 valence electrons. The van der Waals surface area contributed by atoms with E-state index >= 15 is 0 Å². The number of nitrogens with zero attached hydrogens (tertiary/aromatic N) is 3.